The molecule has 0 saturated heterocycles. The van der Waals surface area contributed by atoms with Crippen LogP contribution in [-0.2, 0) is 6.54 Å². The van der Waals surface area contributed by atoms with E-state index in [4.69, 9.17) is 4.74 Å². The highest BCUT2D eigenvalue weighted by atomic mass is 16.6. The van der Waals surface area contributed by atoms with Crippen LogP contribution < -0.4 is 10.1 Å². The van der Waals surface area contributed by atoms with Crippen LogP contribution in [0.5, 0.6) is 5.75 Å². The van der Waals surface area contributed by atoms with Crippen molar-refractivity contribution >= 4 is 11.6 Å². The van der Waals surface area contributed by atoms with Crippen molar-refractivity contribution in [3.05, 3.63) is 33.4 Å². The topological polar surface area (TPSA) is 81.5 Å². The predicted octanol–water partition coefficient (Wildman–Crippen LogP) is 0.847. The first-order valence-corrected chi connectivity index (χ1v) is 4.27. The van der Waals surface area contributed by atoms with Crippen molar-refractivity contribution in [1.82, 2.24) is 5.32 Å². The number of ether oxygens (including phenoxy) is 1. The summed E-state index contributed by atoms with van der Waals surface area (Å²) in [6, 6.07) is 2.77. The molecule has 0 spiro atoms. The van der Waals surface area contributed by atoms with Gasteiger partial charge in [-0.2, -0.15) is 0 Å². The van der Waals surface area contributed by atoms with Crippen LogP contribution in [0.4, 0.5) is 5.69 Å². The third kappa shape index (κ3) is 1.39. The molecule has 1 heterocycles. The van der Waals surface area contributed by atoms with Crippen LogP contribution in [0.3, 0.4) is 0 Å². The lowest BCUT2D eigenvalue weighted by atomic mass is 10.1. The average molecular weight is 208 g/mol. The van der Waals surface area contributed by atoms with Gasteiger partial charge in [0.25, 0.3) is 5.91 Å². The number of carbonyl (C=O) groups excluding carboxylic acids is 1. The van der Waals surface area contributed by atoms with Gasteiger partial charge < -0.3 is 10.1 Å². The molecule has 1 aromatic rings. The Morgan fingerprint density at radius 1 is 1.53 bits per heavy atom. The lowest BCUT2D eigenvalue weighted by Crippen LogP contribution is -2.12. The number of carbonyl (C=O) groups is 1. The van der Waals surface area contributed by atoms with Crippen molar-refractivity contribution in [3.63, 3.8) is 0 Å². The number of hydrogen-bond donors (Lipinski definition) is 1. The highest BCUT2D eigenvalue weighted by molar-refractivity contribution is 5.99. The molecule has 0 atom stereocenters. The molecule has 1 aliphatic heterocycles. The Kier molecular flexibility index (Phi) is 2.03. The quantitative estimate of drug-likeness (QED) is 0.577. The van der Waals surface area contributed by atoms with E-state index in [9.17, 15) is 14.9 Å². The zero-order valence-corrected chi connectivity index (χ0v) is 7.94. The number of rotatable bonds is 2. The van der Waals surface area contributed by atoms with E-state index in [0.717, 1.165) is 5.56 Å². The maximum atomic E-state index is 11.3. The molecule has 0 aromatic heterocycles. The fourth-order valence-electron chi connectivity index (χ4n) is 1.55. The van der Waals surface area contributed by atoms with Crippen molar-refractivity contribution in [2.45, 2.75) is 6.54 Å². The Bertz CT molecular complexity index is 456. The average Bonchev–Trinajstić information content (AvgIpc) is 2.58. The molecular weight excluding hydrogens is 200 g/mol. The van der Waals surface area contributed by atoms with E-state index < -0.39 is 4.92 Å². The summed E-state index contributed by atoms with van der Waals surface area (Å²) >= 11 is 0. The van der Waals surface area contributed by atoms with Crippen LogP contribution in [0.25, 0.3) is 0 Å². The lowest BCUT2D eigenvalue weighted by Gasteiger charge is -2.03. The smallest absolute Gasteiger partial charge is 0.311 e. The Hall–Kier alpha value is -2.11. The minimum atomic E-state index is -0.565. The number of nitro benzene ring substituents is 1. The first-order valence-electron chi connectivity index (χ1n) is 4.27. The van der Waals surface area contributed by atoms with Crippen molar-refractivity contribution in [1.29, 1.82) is 0 Å². The Morgan fingerprint density at radius 2 is 2.27 bits per heavy atom. The SMILES string of the molecule is COc1cc2c(cc1[N+](=O)[O-])C(=O)NC2. The Balaban J connectivity index is 2.61. The monoisotopic (exact) mass is 208 g/mol. The van der Waals surface area contributed by atoms with E-state index in [0.29, 0.717) is 12.1 Å². The van der Waals surface area contributed by atoms with Crippen LogP contribution in [0.2, 0.25) is 0 Å². The highest BCUT2D eigenvalue weighted by Crippen LogP contribution is 2.32. The maximum absolute atomic E-state index is 11.3. The molecule has 1 aliphatic rings. The molecule has 0 fully saturated rings. The summed E-state index contributed by atoms with van der Waals surface area (Å²) < 4.78 is 4.89. The number of methoxy groups -OCH3 is 1. The van der Waals surface area contributed by atoms with Crippen LogP contribution >= 0.6 is 0 Å². The molecule has 2 rings (SSSR count). The lowest BCUT2D eigenvalue weighted by molar-refractivity contribution is -0.385. The standard InChI is InChI=1S/C9H8N2O4/c1-15-8-2-5-4-10-9(12)6(5)3-7(8)11(13)14/h2-3H,4H2,1H3,(H,10,12). The van der Waals surface area contributed by atoms with Crippen molar-refractivity contribution in [2.75, 3.05) is 7.11 Å². The number of nitro groups is 1. The van der Waals surface area contributed by atoms with Gasteiger partial charge >= 0.3 is 5.69 Å². The van der Waals surface area contributed by atoms with Gasteiger partial charge in [-0.05, 0) is 11.6 Å². The van der Waals surface area contributed by atoms with E-state index in [-0.39, 0.29) is 17.3 Å². The van der Waals surface area contributed by atoms with Crippen LogP contribution in [0, 0.1) is 10.1 Å². The summed E-state index contributed by atoms with van der Waals surface area (Å²) in [5.41, 5.74) is 0.887. The molecule has 15 heavy (non-hydrogen) atoms. The third-order valence-electron chi connectivity index (χ3n) is 2.29. The van der Waals surface area contributed by atoms with Crippen molar-refractivity contribution in [2.24, 2.45) is 0 Å². The second kappa shape index (κ2) is 3.23. The van der Waals surface area contributed by atoms with Gasteiger partial charge in [-0.3, -0.25) is 14.9 Å². The molecule has 0 bridgehead atoms. The Morgan fingerprint density at radius 3 is 2.87 bits per heavy atom. The second-order valence-corrected chi connectivity index (χ2v) is 3.12. The zero-order chi connectivity index (χ0) is 11.0. The number of benzene rings is 1. The molecular formula is C9H8N2O4. The van der Waals surface area contributed by atoms with Crippen molar-refractivity contribution in [3.8, 4) is 5.75 Å². The van der Waals surface area contributed by atoms with Gasteiger partial charge in [0.1, 0.15) is 0 Å². The fraction of sp³-hybridized carbons (Fsp3) is 0.222. The summed E-state index contributed by atoms with van der Waals surface area (Å²) in [6.07, 6.45) is 0. The van der Waals surface area contributed by atoms with Gasteiger partial charge in [-0.15, -0.1) is 0 Å². The van der Waals surface area contributed by atoms with Crippen LogP contribution in [0.15, 0.2) is 12.1 Å². The Labute approximate surface area is 85.0 Å². The van der Waals surface area contributed by atoms with E-state index >= 15 is 0 Å². The first kappa shape index (κ1) is 9.45. The van der Waals surface area contributed by atoms with Gasteiger partial charge in [0.2, 0.25) is 0 Å². The minimum Gasteiger partial charge on any atom is -0.490 e. The minimum absolute atomic E-state index is 0.176. The van der Waals surface area contributed by atoms with Crippen LogP contribution in [0.1, 0.15) is 15.9 Å². The molecule has 1 amide bonds. The van der Waals surface area contributed by atoms with E-state index in [1.807, 2.05) is 0 Å². The summed E-state index contributed by atoms with van der Waals surface area (Å²) in [5.74, 6) is -0.106. The number of nitrogens with one attached hydrogen (secondary N) is 1. The highest BCUT2D eigenvalue weighted by Gasteiger charge is 2.25. The van der Waals surface area contributed by atoms with Gasteiger partial charge in [-0.1, -0.05) is 0 Å². The molecule has 78 valence electrons. The maximum Gasteiger partial charge on any atom is 0.311 e. The van der Waals surface area contributed by atoms with Gasteiger partial charge in [0.05, 0.1) is 17.6 Å². The molecule has 1 aromatic carbocycles. The van der Waals surface area contributed by atoms with Crippen LogP contribution in [-0.4, -0.2) is 17.9 Å². The summed E-state index contributed by atoms with van der Waals surface area (Å²) in [4.78, 5) is 21.4. The van der Waals surface area contributed by atoms with Crippen molar-refractivity contribution < 1.29 is 14.5 Å². The number of amides is 1. The zero-order valence-electron chi connectivity index (χ0n) is 7.94. The fourth-order valence-corrected chi connectivity index (χ4v) is 1.55. The molecule has 0 saturated carbocycles. The third-order valence-corrected chi connectivity index (χ3v) is 2.29. The molecule has 6 nitrogen and oxygen atoms in total. The predicted molar refractivity (Wildman–Crippen MR) is 50.8 cm³/mol. The van der Waals surface area contributed by atoms with E-state index in [1.165, 1.54) is 19.2 Å². The summed E-state index contributed by atoms with van der Waals surface area (Å²) in [7, 11) is 1.36. The normalized spacial score (nSPS) is 13.3. The number of fused-ring (bicyclic) bond motifs is 1. The molecule has 6 heteroatoms. The number of hydrogen-bond acceptors (Lipinski definition) is 4. The van der Waals surface area contributed by atoms with E-state index in [1.54, 1.807) is 0 Å². The largest absolute Gasteiger partial charge is 0.490 e. The van der Waals surface area contributed by atoms with Gasteiger partial charge in [-0.25, -0.2) is 0 Å². The summed E-state index contributed by atoms with van der Waals surface area (Å²) in [5, 5.41) is 13.3. The van der Waals surface area contributed by atoms with Gasteiger partial charge in [0, 0.05) is 12.6 Å². The van der Waals surface area contributed by atoms with E-state index in [2.05, 4.69) is 5.32 Å². The second-order valence-electron chi connectivity index (χ2n) is 3.12. The molecule has 1 N–H and O–H groups in total. The first-order chi connectivity index (χ1) is 7.13. The summed E-state index contributed by atoms with van der Waals surface area (Å²) in [6.45, 7) is 0.391. The molecule has 0 aliphatic carbocycles. The van der Waals surface area contributed by atoms with Gasteiger partial charge in [0.15, 0.2) is 5.75 Å². The molecule has 0 radical (unpaired) electrons. The number of nitrogens with zero attached hydrogens (tertiary/aromatic N) is 1. The molecule has 0 unspecified atom stereocenters.